The third kappa shape index (κ3) is 6.30. The fourth-order valence-electron chi connectivity index (χ4n) is 11.4. The molecule has 12 rings (SSSR count). The molecule has 1 aliphatic carbocycles. The van der Waals surface area contributed by atoms with Crippen molar-refractivity contribution >= 4 is 54.7 Å². The van der Waals surface area contributed by atoms with E-state index < -0.39 is 0 Å². The third-order valence-corrected chi connectivity index (χ3v) is 14.4. The number of benzene rings is 9. The smallest absolute Gasteiger partial charge is 0.0712 e. The molecule has 65 heavy (non-hydrogen) atoms. The first-order chi connectivity index (χ1) is 32.0. The summed E-state index contributed by atoms with van der Waals surface area (Å²) in [4.78, 5) is 2.57. The molecule has 0 spiro atoms. The number of hydrogen-bond donors (Lipinski definition) is 0. The van der Waals surface area contributed by atoms with E-state index in [1.54, 1.807) is 0 Å². The average Bonchev–Trinajstić information content (AvgIpc) is 3.81. The summed E-state index contributed by atoms with van der Waals surface area (Å²) in [6.07, 6.45) is 13.7. The van der Waals surface area contributed by atoms with Crippen molar-refractivity contribution in [3.8, 4) is 39.1 Å². The van der Waals surface area contributed by atoms with E-state index in [-0.39, 0.29) is 11.5 Å². The van der Waals surface area contributed by atoms with E-state index in [4.69, 9.17) is 0 Å². The van der Waals surface area contributed by atoms with Crippen LogP contribution in [0.5, 0.6) is 0 Å². The lowest BCUT2D eigenvalue weighted by Crippen LogP contribution is -2.41. The minimum atomic E-state index is -0.248. The summed E-state index contributed by atoms with van der Waals surface area (Å²) < 4.78 is 2.46. The van der Waals surface area contributed by atoms with Crippen LogP contribution in [0.15, 0.2) is 206 Å². The second-order valence-electron chi connectivity index (χ2n) is 18.4. The molecule has 0 amide bonds. The minimum absolute atomic E-state index is 0.215. The van der Waals surface area contributed by atoms with Gasteiger partial charge in [-0.25, -0.2) is 0 Å². The van der Waals surface area contributed by atoms with Crippen LogP contribution >= 0.6 is 0 Å². The molecule has 2 aliphatic rings. The molecule has 2 heterocycles. The number of allylic oxidation sites excluding steroid dienone is 2. The molecule has 1 aromatic heterocycles. The van der Waals surface area contributed by atoms with Crippen LogP contribution in [0.4, 0.5) is 11.4 Å². The molecule has 314 valence electrons. The van der Waals surface area contributed by atoms with E-state index in [1.807, 2.05) is 0 Å². The fourth-order valence-corrected chi connectivity index (χ4v) is 11.4. The predicted octanol–water partition coefficient (Wildman–Crippen LogP) is 17.1. The zero-order valence-corrected chi connectivity index (χ0v) is 37.4. The van der Waals surface area contributed by atoms with Gasteiger partial charge in [0.15, 0.2) is 0 Å². The maximum absolute atomic E-state index is 2.57. The normalized spacial score (nSPS) is 16.5. The lowest BCUT2D eigenvalue weighted by atomic mass is 9.80. The highest BCUT2D eigenvalue weighted by molar-refractivity contribution is 6.21. The second kappa shape index (κ2) is 15.7. The third-order valence-electron chi connectivity index (χ3n) is 14.4. The summed E-state index contributed by atoms with van der Waals surface area (Å²) in [6.45, 7) is 6.92. The molecule has 0 radical (unpaired) electrons. The van der Waals surface area contributed by atoms with Gasteiger partial charge in [-0.1, -0.05) is 172 Å². The van der Waals surface area contributed by atoms with E-state index in [9.17, 15) is 0 Å². The molecule has 1 aliphatic heterocycles. The lowest BCUT2D eigenvalue weighted by Gasteiger charge is -2.39. The zero-order chi connectivity index (χ0) is 43.6. The molecule has 0 N–H and O–H groups in total. The van der Waals surface area contributed by atoms with Crippen molar-refractivity contribution in [3.05, 3.63) is 223 Å². The van der Waals surface area contributed by atoms with E-state index >= 15 is 0 Å². The van der Waals surface area contributed by atoms with Gasteiger partial charge in [-0.15, -0.1) is 0 Å². The van der Waals surface area contributed by atoms with Crippen LogP contribution in [0.1, 0.15) is 56.2 Å². The van der Waals surface area contributed by atoms with Crippen LogP contribution < -0.4 is 4.90 Å². The van der Waals surface area contributed by atoms with Crippen molar-refractivity contribution in [1.82, 2.24) is 4.57 Å². The zero-order valence-electron chi connectivity index (χ0n) is 37.4. The molecular weight excluding hydrogens is 785 g/mol. The fraction of sp³-hybridized carbons (Fsp3) is 0.143. The topological polar surface area (TPSA) is 8.17 Å². The van der Waals surface area contributed by atoms with Gasteiger partial charge in [-0.2, -0.15) is 0 Å². The molecule has 0 saturated carbocycles. The van der Waals surface area contributed by atoms with Gasteiger partial charge >= 0.3 is 0 Å². The van der Waals surface area contributed by atoms with Gasteiger partial charge in [0.1, 0.15) is 0 Å². The molecule has 2 heteroatoms. The highest BCUT2D eigenvalue weighted by atomic mass is 15.2. The van der Waals surface area contributed by atoms with Crippen molar-refractivity contribution in [2.45, 2.75) is 57.9 Å². The van der Waals surface area contributed by atoms with Crippen molar-refractivity contribution in [3.63, 3.8) is 0 Å². The van der Waals surface area contributed by atoms with Crippen molar-refractivity contribution in [1.29, 1.82) is 0 Å². The average molecular weight is 837 g/mol. The van der Waals surface area contributed by atoms with Crippen LogP contribution in [0.3, 0.4) is 0 Å². The Kier molecular flexibility index (Phi) is 9.45. The quantitative estimate of drug-likeness (QED) is 0.132. The predicted molar refractivity (Wildman–Crippen MR) is 278 cm³/mol. The van der Waals surface area contributed by atoms with Gasteiger partial charge in [-0.05, 0) is 152 Å². The number of hydrogen-bond acceptors (Lipinski definition) is 1. The van der Waals surface area contributed by atoms with Crippen molar-refractivity contribution < 1.29 is 0 Å². The Morgan fingerprint density at radius 1 is 0.446 bits per heavy atom. The Morgan fingerprint density at radius 2 is 0.954 bits per heavy atom. The Labute approximate surface area is 382 Å². The number of anilines is 2. The van der Waals surface area contributed by atoms with Crippen molar-refractivity contribution in [2.24, 2.45) is 0 Å². The second-order valence-corrected chi connectivity index (χ2v) is 18.4. The maximum Gasteiger partial charge on any atom is 0.0712 e. The Morgan fingerprint density at radius 3 is 1.52 bits per heavy atom. The van der Waals surface area contributed by atoms with Crippen molar-refractivity contribution in [2.75, 3.05) is 4.90 Å². The molecular formula is C63H52N2. The molecule has 2 nitrogen and oxygen atoms in total. The molecule has 0 bridgehead atoms. The van der Waals surface area contributed by atoms with Crippen LogP contribution in [0.2, 0.25) is 0 Å². The molecule has 0 saturated heterocycles. The maximum atomic E-state index is 2.57. The van der Waals surface area contributed by atoms with Gasteiger partial charge < -0.3 is 9.47 Å². The largest absolute Gasteiger partial charge is 0.331 e. The molecule has 2 atom stereocenters. The monoisotopic (exact) mass is 836 g/mol. The Balaban J connectivity index is 0.913. The van der Waals surface area contributed by atoms with E-state index in [1.165, 1.54) is 110 Å². The van der Waals surface area contributed by atoms with Gasteiger partial charge in [0, 0.05) is 33.8 Å². The Bertz CT molecular complexity index is 3390. The van der Waals surface area contributed by atoms with Gasteiger partial charge in [0.2, 0.25) is 0 Å². The molecule has 0 fully saturated rings. The number of fused-ring (bicyclic) bond motifs is 8. The van der Waals surface area contributed by atoms with Crippen LogP contribution in [0, 0.1) is 0 Å². The number of aryl methyl sites for hydroxylation is 2. The first kappa shape index (κ1) is 39.2. The summed E-state index contributed by atoms with van der Waals surface area (Å²) in [7, 11) is 0. The minimum Gasteiger partial charge on any atom is -0.331 e. The summed E-state index contributed by atoms with van der Waals surface area (Å²) >= 11 is 0. The summed E-state index contributed by atoms with van der Waals surface area (Å²) in [5.74, 6) is 0.215. The summed E-state index contributed by atoms with van der Waals surface area (Å²) in [5, 5.41) is 7.80. The number of nitrogens with zero attached hydrogens (tertiary/aromatic N) is 2. The van der Waals surface area contributed by atoms with E-state index in [0.29, 0.717) is 0 Å². The van der Waals surface area contributed by atoms with E-state index in [0.717, 1.165) is 25.7 Å². The highest BCUT2D eigenvalue weighted by Crippen LogP contribution is 2.55. The van der Waals surface area contributed by atoms with Gasteiger partial charge in [-0.3, -0.25) is 0 Å². The Hall–Kier alpha value is -7.42. The highest BCUT2D eigenvalue weighted by Gasteiger charge is 2.47. The first-order valence-corrected chi connectivity index (χ1v) is 23.6. The number of aromatic nitrogens is 1. The van der Waals surface area contributed by atoms with Crippen LogP contribution in [-0.4, -0.2) is 10.1 Å². The lowest BCUT2D eigenvalue weighted by molar-refractivity contribution is 0.542. The van der Waals surface area contributed by atoms with Gasteiger partial charge in [0.25, 0.3) is 0 Å². The standard InChI is InChI=1S/C63H52N2/c1-4-15-42-24-35-58-54(39-42)55-40-43(16-5-2)25-36-59(55)64(58)48-31-26-44(27-32-48)47-30-37-60-56(41-47)57-23-13-14-38-63(57,3)65(60)49-33-28-46(29-34-49)62-52-21-11-9-19-50(52)61(45-17-7-6-8-18-45)51-20-10-12-22-53(51)62/h6-14,17-41,57H,4-5,15-16H2,1-3H3. The summed E-state index contributed by atoms with van der Waals surface area (Å²) in [6, 6.07) is 68.6. The molecule has 10 aromatic rings. The van der Waals surface area contributed by atoms with E-state index in [2.05, 4.69) is 237 Å². The van der Waals surface area contributed by atoms with Crippen LogP contribution in [-0.2, 0) is 12.8 Å². The summed E-state index contributed by atoms with van der Waals surface area (Å²) in [5.41, 5.74) is 17.6. The van der Waals surface area contributed by atoms with Crippen LogP contribution in [0.25, 0.3) is 82.4 Å². The first-order valence-electron chi connectivity index (χ1n) is 23.6. The SMILES string of the molecule is CCCc1ccc2c(c1)c1cc(CCC)ccc1n2-c1ccc(-c2ccc3c(c2)C2C=CC=CC2(C)N3c2ccc(-c3c4ccccc4c(-c4ccccc4)c4ccccc34)cc2)cc1. The number of rotatable bonds is 9. The van der Waals surface area contributed by atoms with Gasteiger partial charge in [0.05, 0.1) is 16.6 Å². The molecule has 9 aromatic carbocycles. The molecule has 2 unspecified atom stereocenters.